The summed E-state index contributed by atoms with van der Waals surface area (Å²) in [4.78, 5) is 31.1. The van der Waals surface area contributed by atoms with E-state index in [1.165, 1.54) is 5.56 Å². The Labute approximate surface area is 183 Å². The Morgan fingerprint density at radius 2 is 1.71 bits per heavy atom. The minimum absolute atomic E-state index is 0.0322. The second kappa shape index (κ2) is 9.56. The fourth-order valence-corrected chi connectivity index (χ4v) is 3.58. The molecule has 1 heterocycles. The van der Waals surface area contributed by atoms with E-state index in [1.807, 2.05) is 47.4 Å². The van der Waals surface area contributed by atoms with E-state index >= 15 is 0 Å². The molecule has 0 aliphatic heterocycles. The largest absolute Gasteiger partial charge is 0.352 e. The summed E-state index contributed by atoms with van der Waals surface area (Å²) in [5.74, 6) is 0.294. The number of nitrogens with zero attached hydrogens (tertiary/aromatic N) is 2. The monoisotopic (exact) mass is 413 g/mol. The lowest BCUT2D eigenvalue weighted by atomic mass is 10.1. The molecule has 0 saturated heterocycles. The van der Waals surface area contributed by atoms with Crippen molar-refractivity contribution in [2.24, 2.45) is 5.92 Å². The quantitative estimate of drug-likeness (QED) is 0.602. The minimum atomic E-state index is -0.0322. The van der Waals surface area contributed by atoms with Crippen LogP contribution >= 0.6 is 0 Å². The summed E-state index contributed by atoms with van der Waals surface area (Å²) in [6.45, 7) is 3.10. The van der Waals surface area contributed by atoms with Gasteiger partial charge in [0.2, 0.25) is 11.8 Å². The van der Waals surface area contributed by atoms with Crippen molar-refractivity contribution < 1.29 is 9.59 Å². The molecule has 4 rings (SSSR count). The zero-order chi connectivity index (χ0) is 21.6. The number of nitrogens with one attached hydrogen (secondary N) is 1. The Bertz CT molecular complexity index is 1040. The average Bonchev–Trinajstić information content (AvgIpc) is 3.63. The summed E-state index contributed by atoms with van der Waals surface area (Å²) < 4.78 is 0. The highest BCUT2D eigenvalue weighted by Gasteiger charge is 2.34. The number of carbonyl (C=O) groups is 2. The van der Waals surface area contributed by atoms with Crippen molar-refractivity contribution in [3.8, 4) is 0 Å². The van der Waals surface area contributed by atoms with Crippen LogP contribution in [0.3, 0.4) is 0 Å². The third kappa shape index (κ3) is 5.79. The maximum atomic E-state index is 12.9. The SMILES string of the molecule is Cc1cccc(CN(C(=O)C2CC2)c2ccc(CC(=O)NCc3ccncc3)cc2)c1. The second-order valence-electron chi connectivity index (χ2n) is 8.16. The molecule has 1 fully saturated rings. The van der Waals surface area contributed by atoms with Crippen LogP contribution in [-0.2, 0) is 29.1 Å². The molecule has 1 aliphatic rings. The van der Waals surface area contributed by atoms with Crippen molar-refractivity contribution in [1.29, 1.82) is 0 Å². The zero-order valence-electron chi connectivity index (χ0n) is 17.8. The first-order chi connectivity index (χ1) is 15.1. The van der Waals surface area contributed by atoms with E-state index in [0.717, 1.165) is 35.2 Å². The summed E-state index contributed by atoms with van der Waals surface area (Å²) in [5, 5.41) is 2.93. The standard InChI is InChI=1S/C26H27N3O2/c1-19-3-2-4-22(15-19)18-29(26(31)23-7-8-23)24-9-5-20(6-10-24)16-25(30)28-17-21-11-13-27-14-12-21/h2-6,9-15,23H,7-8,16-18H2,1H3,(H,28,30). The maximum absolute atomic E-state index is 12.9. The Kier molecular flexibility index (Phi) is 6.41. The van der Waals surface area contributed by atoms with Crippen LogP contribution in [0, 0.1) is 12.8 Å². The molecule has 2 aromatic carbocycles. The van der Waals surface area contributed by atoms with Gasteiger partial charge in [-0.25, -0.2) is 0 Å². The Morgan fingerprint density at radius 1 is 0.968 bits per heavy atom. The predicted molar refractivity (Wildman–Crippen MR) is 121 cm³/mol. The third-order valence-corrected chi connectivity index (χ3v) is 5.47. The third-order valence-electron chi connectivity index (χ3n) is 5.47. The number of amides is 2. The number of hydrogen-bond donors (Lipinski definition) is 1. The van der Waals surface area contributed by atoms with E-state index in [0.29, 0.717) is 19.5 Å². The molecule has 1 aliphatic carbocycles. The topological polar surface area (TPSA) is 62.3 Å². The van der Waals surface area contributed by atoms with Gasteiger partial charge in [-0.1, -0.05) is 42.0 Å². The minimum Gasteiger partial charge on any atom is -0.352 e. The number of carbonyl (C=O) groups excluding carboxylic acids is 2. The van der Waals surface area contributed by atoms with Gasteiger partial charge in [0.1, 0.15) is 0 Å². The number of benzene rings is 2. The van der Waals surface area contributed by atoms with E-state index in [2.05, 4.69) is 35.4 Å². The molecule has 31 heavy (non-hydrogen) atoms. The van der Waals surface area contributed by atoms with Crippen LogP contribution in [0.25, 0.3) is 0 Å². The van der Waals surface area contributed by atoms with Crippen molar-refractivity contribution in [3.05, 3.63) is 95.3 Å². The molecule has 158 valence electrons. The molecule has 0 spiro atoms. The van der Waals surface area contributed by atoms with Gasteiger partial charge in [-0.15, -0.1) is 0 Å². The molecule has 0 unspecified atom stereocenters. The molecule has 3 aromatic rings. The van der Waals surface area contributed by atoms with E-state index in [-0.39, 0.29) is 17.7 Å². The van der Waals surface area contributed by atoms with Crippen LogP contribution in [0.1, 0.15) is 35.1 Å². The van der Waals surface area contributed by atoms with E-state index < -0.39 is 0 Å². The molecule has 1 saturated carbocycles. The first kappa shape index (κ1) is 20.8. The Balaban J connectivity index is 1.41. The van der Waals surface area contributed by atoms with Gasteiger partial charge < -0.3 is 10.2 Å². The normalized spacial score (nSPS) is 12.9. The Morgan fingerprint density at radius 3 is 2.39 bits per heavy atom. The predicted octanol–water partition coefficient (Wildman–Crippen LogP) is 4.19. The number of hydrogen-bond acceptors (Lipinski definition) is 3. The highest BCUT2D eigenvalue weighted by Crippen LogP contribution is 2.33. The van der Waals surface area contributed by atoms with Crippen molar-refractivity contribution >= 4 is 17.5 Å². The average molecular weight is 414 g/mol. The molecule has 0 radical (unpaired) electrons. The summed E-state index contributed by atoms with van der Waals surface area (Å²) in [5.41, 5.74) is 5.12. The van der Waals surface area contributed by atoms with Gasteiger partial charge >= 0.3 is 0 Å². The van der Waals surface area contributed by atoms with Gasteiger partial charge in [0.25, 0.3) is 0 Å². The maximum Gasteiger partial charge on any atom is 0.230 e. The van der Waals surface area contributed by atoms with Gasteiger partial charge in [0.05, 0.1) is 13.0 Å². The van der Waals surface area contributed by atoms with Crippen LogP contribution in [0.5, 0.6) is 0 Å². The molecule has 1 aromatic heterocycles. The lowest BCUT2D eigenvalue weighted by Gasteiger charge is -2.23. The Hall–Kier alpha value is -3.47. The summed E-state index contributed by atoms with van der Waals surface area (Å²) in [6, 6.07) is 19.8. The molecule has 5 heteroatoms. The van der Waals surface area contributed by atoms with Crippen LogP contribution in [-0.4, -0.2) is 16.8 Å². The molecule has 2 amide bonds. The number of rotatable bonds is 8. The number of pyridine rings is 1. The number of aromatic nitrogens is 1. The van der Waals surface area contributed by atoms with E-state index in [1.54, 1.807) is 12.4 Å². The summed E-state index contributed by atoms with van der Waals surface area (Å²) in [7, 11) is 0. The highest BCUT2D eigenvalue weighted by molar-refractivity contribution is 5.96. The lowest BCUT2D eigenvalue weighted by Crippen LogP contribution is -2.31. The van der Waals surface area contributed by atoms with E-state index in [9.17, 15) is 9.59 Å². The number of aryl methyl sites for hydroxylation is 1. The smallest absolute Gasteiger partial charge is 0.230 e. The van der Waals surface area contributed by atoms with Gasteiger partial charge in [0, 0.05) is 30.5 Å². The summed E-state index contributed by atoms with van der Waals surface area (Å²) >= 11 is 0. The van der Waals surface area contributed by atoms with Crippen LogP contribution < -0.4 is 10.2 Å². The zero-order valence-corrected chi connectivity index (χ0v) is 17.8. The number of anilines is 1. The van der Waals surface area contributed by atoms with Crippen molar-refractivity contribution in [1.82, 2.24) is 10.3 Å². The van der Waals surface area contributed by atoms with Crippen molar-refractivity contribution in [2.45, 2.75) is 39.3 Å². The lowest BCUT2D eigenvalue weighted by molar-refractivity contribution is -0.121. The van der Waals surface area contributed by atoms with Crippen LogP contribution in [0.4, 0.5) is 5.69 Å². The van der Waals surface area contributed by atoms with Gasteiger partial charge in [-0.2, -0.15) is 0 Å². The van der Waals surface area contributed by atoms with Gasteiger partial charge in [0.15, 0.2) is 0 Å². The molecular weight excluding hydrogens is 386 g/mol. The first-order valence-corrected chi connectivity index (χ1v) is 10.7. The second-order valence-corrected chi connectivity index (χ2v) is 8.16. The fraction of sp³-hybridized carbons (Fsp3) is 0.269. The van der Waals surface area contributed by atoms with Gasteiger partial charge in [-0.05, 0) is 60.7 Å². The molecule has 1 N–H and O–H groups in total. The van der Waals surface area contributed by atoms with Crippen LogP contribution in [0.15, 0.2) is 73.1 Å². The first-order valence-electron chi connectivity index (χ1n) is 10.7. The van der Waals surface area contributed by atoms with Crippen molar-refractivity contribution in [3.63, 3.8) is 0 Å². The van der Waals surface area contributed by atoms with E-state index in [4.69, 9.17) is 0 Å². The summed E-state index contributed by atoms with van der Waals surface area (Å²) in [6.07, 6.45) is 5.68. The molecule has 0 atom stereocenters. The highest BCUT2D eigenvalue weighted by atomic mass is 16.2. The fourth-order valence-electron chi connectivity index (χ4n) is 3.58. The molecular formula is C26H27N3O2. The van der Waals surface area contributed by atoms with Crippen LogP contribution in [0.2, 0.25) is 0 Å². The van der Waals surface area contributed by atoms with Gasteiger partial charge in [-0.3, -0.25) is 14.6 Å². The molecule has 5 nitrogen and oxygen atoms in total. The van der Waals surface area contributed by atoms with Crippen molar-refractivity contribution in [2.75, 3.05) is 4.90 Å². The molecule has 0 bridgehead atoms.